The number of guanidine groups is 1. The van der Waals surface area contributed by atoms with Crippen LogP contribution in [0.15, 0.2) is 70.4 Å². The van der Waals surface area contributed by atoms with E-state index in [2.05, 4.69) is 25.9 Å². The molecule has 3 heterocycles. The van der Waals surface area contributed by atoms with E-state index in [1.807, 2.05) is 48.5 Å². The maximum absolute atomic E-state index is 13.5. The average Bonchev–Trinajstić information content (AvgIpc) is 3.60. The molecule has 2 aliphatic heterocycles. The Labute approximate surface area is 223 Å². The molecular formula is C28H27BrN6O2. The normalized spacial score (nSPS) is 21.1. The minimum absolute atomic E-state index is 0.0556. The minimum Gasteiger partial charge on any atom is -0.369 e. The number of hydrogen-bond acceptors (Lipinski definition) is 6. The van der Waals surface area contributed by atoms with Gasteiger partial charge >= 0.3 is 0 Å². The second kappa shape index (κ2) is 9.37. The molecule has 3 aliphatic rings. The Hall–Kier alpha value is -3.59. The van der Waals surface area contributed by atoms with E-state index in [0.29, 0.717) is 29.0 Å². The van der Waals surface area contributed by atoms with Gasteiger partial charge in [-0.3, -0.25) is 24.5 Å². The second-order valence-corrected chi connectivity index (χ2v) is 11.0. The van der Waals surface area contributed by atoms with Crippen molar-refractivity contribution in [3.05, 3.63) is 93.5 Å². The molecule has 0 saturated heterocycles. The number of aromatic nitrogens is 2. The third-order valence-corrected chi connectivity index (χ3v) is 8.11. The van der Waals surface area contributed by atoms with Gasteiger partial charge in [0.25, 0.3) is 5.91 Å². The SMILES string of the molecule is NC1=N[C@](CC2CC2)(c2ccccc2)CC(=O)N1Cc1ccc(Br)c(C(=O)N2Cc3nccnc3C2)c1. The molecule has 0 spiro atoms. The molecule has 1 atom stereocenters. The van der Waals surface area contributed by atoms with Crippen molar-refractivity contribution in [2.75, 3.05) is 0 Å². The summed E-state index contributed by atoms with van der Waals surface area (Å²) in [5.74, 6) is 0.634. The lowest BCUT2D eigenvalue weighted by Gasteiger charge is -2.38. The molecule has 6 rings (SSSR count). The van der Waals surface area contributed by atoms with Gasteiger partial charge < -0.3 is 10.6 Å². The largest absolute Gasteiger partial charge is 0.369 e. The first-order valence-electron chi connectivity index (χ1n) is 12.5. The van der Waals surface area contributed by atoms with E-state index in [0.717, 1.165) is 28.9 Å². The van der Waals surface area contributed by atoms with Crippen LogP contribution in [0.5, 0.6) is 0 Å². The Balaban J connectivity index is 1.24. The standard InChI is InChI=1S/C28H27BrN6O2/c29-22-9-8-19(12-21(22)26(37)34-16-23-24(17-34)32-11-10-31-23)15-35-25(36)14-28(33-27(35)30,13-18-6-7-18)20-4-2-1-3-5-20/h1-5,8-12,18H,6-7,13-17H2,(H2,30,33)/t28-/m0/s1. The van der Waals surface area contributed by atoms with Crippen molar-refractivity contribution in [3.8, 4) is 0 Å². The molecule has 0 bridgehead atoms. The molecule has 3 aromatic rings. The van der Waals surface area contributed by atoms with E-state index in [-0.39, 0.29) is 30.7 Å². The molecule has 2 amide bonds. The van der Waals surface area contributed by atoms with E-state index in [4.69, 9.17) is 10.7 Å². The quantitative estimate of drug-likeness (QED) is 0.489. The van der Waals surface area contributed by atoms with Crippen LogP contribution in [-0.2, 0) is 30.0 Å². The summed E-state index contributed by atoms with van der Waals surface area (Å²) in [6.45, 7) is 1.09. The van der Waals surface area contributed by atoms with Crippen molar-refractivity contribution in [2.45, 2.75) is 50.9 Å². The summed E-state index contributed by atoms with van der Waals surface area (Å²) in [4.78, 5) is 43.7. The lowest BCUT2D eigenvalue weighted by atomic mass is 9.81. The number of aliphatic imine (C=N–C) groups is 1. The zero-order valence-corrected chi connectivity index (χ0v) is 21.9. The molecule has 8 nitrogen and oxygen atoms in total. The fourth-order valence-corrected chi connectivity index (χ4v) is 5.74. The third-order valence-electron chi connectivity index (χ3n) is 7.42. The van der Waals surface area contributed by atoms with Gasteiger partial charge in [-0.1, -0.05) is 49.2 Å². The Kier molecular flexibility index (Phi) is 6.03. The molecule has 188 valence electrons. The van der Waals surface area contributed by atoms with Crippen molar-refractivity contribution in [3.63, 3.8) is 0 Å². The van der Waals surface area contributed by atoms with E-state index < -0.39 is 5.54 Å². The fraction of sp³-hybridized carbons (Fsp3) is 0.321. The maximum atomic E-state index is 13.5. The van der Waals surface area contributed by atoms with E-state index in [1.165, 1.54) is 17.7 Å². The number of halogens is 1. The second-order valence-electron chi connectivity index (χ2n) is 10.1. The predicted molar refractivity (Wildman–Crippen MR) is 142 cm³/mol. The molecule has 37 heavy (non-hydrogen) atoms. The molecule has 1 fully saturated rings. The third kappa shape index (κ3) is 4.64. The summed E-state index contributed by atoms with van der Waals surface area (Å²) in [5.41, 5.74) is 9.84. The summed E-state index contributed by atoms with van der Waals surface area (Å²) < 4.78 is 0.692. The first-order valence-corrected chi connectivity index (χ1v) is 13.3. The lowest BCUT2D eigenvalue weighted by Crippen LogP contribution is -2.50. The van der Waals surface area contributed by atoms with Crippen LogP contribution in [-0.4, -0.2) is 37.5 Å². The summed E-state index contributed by atoms with van der Waals surface area (Å²) in [7, 11) is 0. The van der Waals surface area contributed by atoms with Gasteiger partial charge in [0, 0.05) is 16.9 Å². The zero-order valence-electron chi connectivity index (χ0n) is 20.3. The fourth-order valence-electron chi connectivity index (χ4n) is 5.32. The maximum Gasteiger partial charge on any atom is 0.255 e. The first kappa shape index (κ1) is 23.8. The predicted octanol–water partition coefficient (Wildman–Crippen LogP) is 4.14. The highest BCUT2D eigenvalue weighted by Gasteiger charge is 2.44. The van der Waals surface area contributed by atoms with Gasteiger partial charge in [0.2, 0.25) is 5.91 Å². The molecule has 1 aliphatic carbocycles. The Morgan fingerprint density at radius 1 is 1.05 bits per heavy atom. The smallest absolute Gasteiger partial charge is 0.255 e. The van der Waals surface area contributed by atoms with Gasteiger partial charge in [0.1, 0.15) is 0 Å². The Morgan fingerprint density at radius 3 is 2.41 bits per heavy atom. The Bertz CT molecular complexity index is 1380. The molecule has 1 saturated carbocycles. The molecule has 1 aromatic heterocycles. The number of nitrogens with zero attached hydrogens (tertiary/aromatic N) is 5. The number of fused-ring (bicyclic) bond motifs is 1. The molecule has 2 aromatic carbocycles. The van der Waals surface area contributed by atoms with Gasteiger partial charge in [-0.2, -0.15) is 0 Å². The zero-order chi connectivity index (χ0) is 25.6. The average molecular weight is 559 g/mol. The van der Waals surface area contributed by atoms with Crippen LogP contribution in [0.4, 0.5) is 0 Å². The number of nitrogens with two attached hydrogens (primary N) is 1. The number of amides is 2. The minimum atomic E-state index is -0.617. The van der Waals surface area contributed by atoms with Crippen LogP contribution in [0.2, 0.25) is 0 Å². The summed E-state index contributed by atoms with van der Waals surface area (Å²) in [6, 6.07) is 15.6. The highest BCUT2D eigenvalue weighted by atomic mass is 79.9. The van der Waals surface area contributed by atoms with Crippen molar-refractivity contribution in [1.29, 1.82) is 0 Å². The van der Waals surface area contributed by atoms with Crippen LogP contribution in [0.3, 0.4) is 0 Å². The van der Waals surface area contributed by atoms with Crippen molar-refractivity contribution < 1.29 is 9.59 Å². The highest BCUT2D eigenvalue weighted by molar-refractivity contribution is 9.10. The first-order chi connectivity index (χ1) is 17.9. The molecule has 0 radical (unpaired) electrons. The van der Waals surface area contributed by atoms with Crippen molar-refractivity contribution in [2.24, 2.45) is 16.6 Å². The summed E-state index contributed by atoms with van der Waals surface area (Å²) in [6.07, 6.45) is 6.74. The number of hydrogen-bond donors (Lipinski definition) is 1. The molecule has 9 heteroatoms. The van der Waals surface area contributed by atoms with Crippen LogP contribution in [0.1, 0.15) is 58.6 Å². The Morgan fingerprint density at radius 2 is 1.76 bits per heavy atom. The topological polar surface area (TPSA) is 105 Å². The number of rotatable bonds is 6. The van der Waals surface area contributed by atoms with Crippen LogP contribution in [0, 0.1) is 5.92 Å². The summed E-state index contributed by atoms with van der Waals surface area (Å²) in [5, 5.41) is 0. The number of carbonyl (C=O) groups excluding carboxylic acids is 2. The van der Waals surface area contributed by atoms with E-state index >= 15 is 0 Å². The van der Waals surface area contributed by atoms with Crippen LogP contribution in [0.25, 0.3) is 0 Å². The van der Waals surface area contributed by atoms with Gasteiger partial charge in [-0.25, -0.2) is 4.99 Å². The van der Waals surface area contributed by atoms with E-state index in [9.17, 15) is 9.59 Å². The van der Waals surface area contributed by atoms with Crippen LogP contribution >= 0.6 is 15.9 Å². The monoisotopic (exact) mass is 558 g/mol. The number of carbonyl (C=O) groups is 2. The molecular weight excluding hydrogens is 532 g/mol. The number of benzene rings is 2. The van der Waals surface area contributed by atoms with Gasteiger partial charge in [-0.05, 0) is 51.5 Å². The summed E-state index contributed by atoms with van der Waals surface area (Å²) >= 11 is 3.52. The van der Waals surface area contributed by atoms with Gasteiger partial charge in [-0.15, -0.1) is 0 Å². The highest BCUT2D eigenvalue weighted by Crippen LogP contribution is 2.46. The van der Waals surface area contributed by atoms with Crippen molar-refractivity contribution >= 4 is 33.7 Å². The molecule has 0 unspecified atom stereocenters. The van der Waals surface area contributed by atoms with Gasteiger partial charge in [0.15, 0.2) is 5.96 Å². The lowest BCUT2D eigenvalue weighted by molar-refractivity contribution is -0.130. The van der Waals surface area contributed by atoms with E-state index in [1.54, 1.807) is 17.3 Å². The van der Waals surface area contributed by atoms with Gasteiger partial charge in [0.05, 0.1) is 48.5 Å². The van der Waals surface area contributed by atoms with Crippen molar-refractivity contribution in [1.82, 2.24) is 19.8 Å². The molecule has 2 N–H and O–H groups in total. The van der Waals surface area contributed by atoms with Crippen LogP contribution < -0.4 is 5.73 Å².